The second-order valence-electron chi connectivity index (χ2n) is 3.58. The van der Waals surface area contributed by atoms with Gasteiger partial charge in [0.15, 0.2) is 0 Å². The molecule has 2 N–H and O–H groups in total. The van der Waals surface area contributed by atoms with Gasteiger partial charge in [0.25, 0.3) is 0 Å². The molecule has 17 heavy (non-hydrogen) atoms. The van der Waals surface area contributed by atoms with Crippen molar-refractivity contribution < 1.29 is 4.52 Å². The zero-order chi connectivity index (χ0) is 12.1. The van der Waals surface area contributed by atoms with E-state index in [1.165, 1.54) is 0 Å². The van der Waals surface area contributed by atoms with Gasteiger partial charge < -0.3 is 10.3 Å². The Morgan fingerprint density at radius 3 is 2.88 bits per heavy atom. The SMILES string of the molecule is CSCC[C@@H](N)c1nc(-c2ccncc2)no1. The van der Waals surface area contributed by atoms with Crippen molar-refractivity contribution in [2.75, 3.05) is 12.0 Å². The minimum absolute atomic E-state index is 0.189. The second kappa shape index (κ2) is 5.79. The molecule has 6 heteroatoms. The van der Waals surface area contributed by atoms with Crippen LogP contribution in [0.4, 0.5) is 0 Å². The molecule has 0 unspecified atom stereocenters. The minimum Gasteiger partial charge on any atom is -0.337 e. The van der Waals surface area contributed by atoms with E-state index in [-0.39, 0.29) is 6.04 Å². The topological polar surface area (TPSA) is 77.8 Å². The summed E-state index contributed by atoms with van der Waals surface area (Å²) in [5.41, 5.74) is 6.83. The van der Waals surface area contributed by atoms with Crippen molar-refractivity contribution >= 4 is 11.8 Å². The van der Waals surface area contributed by atoms with Gasteiger partial charge in [-0.3, -0.25) is 4.98 Å². The van der Waals surface area contributed by atoms with E-state index in [0.717, 1.165) is 17.7 Å². The summed E-state index contributed by atoms with van der Waals surface area (Å²) in [7, 11) is 0. The first-order valence-corrected chi connectivity index (χ1v) is 6.69. The number of rotatable bonds is 5. The average molecular weight is 250 g/mol. The van der Waals surface area contributed by atoms with Gasteiger partial charge in [-0.05, 0) is 30.6 Å². The molecule has 2 aromatic rings. The van der Waals surface area contributed by atoms with Gasteiger partial charge in [0.1, 0.15) is 0 Å². The van der Waals surface area contributed by atoms with Crippen LogP contribution in [0.15, 0.2) is 29.0 Å². The van der Waals surface area contributed by atoms with E-state index in [1.807, 2.05) is 18.4 Å². The highest BCUT2D eigenvalue weighted by atomic mass is 32.2. The number of hydrogen-bond donors (Lipinski definition) is 1. The monoisotopic (exact) mass is 250 g/mol. The molecular formula is C11H14N4OS. The molecular weight excluding hydrogens is 236 g/mol. The Labute approximate surface area is 104 Å². The van der Waals surface area contributed by atoms with Crippen molar-refractivity contribution in [3.05, 3.63) is 30.4 Å². The van der Waals surface area contributed by atoms with E-state index in [0.29, 0.717) is 11.7 Å². The van der Waals surface area contributed by atoms with Crippen LogP contribution in [0.2, 0.25) is 0 Å². The van der Waals surface area contributed by atoms with Crippen LogP contribution in [0.25, 0.3) is 11.4 Å². The van der Waals surface area contributed by atoms with Gasteiger partial charge in [-0.15, -0.1) is 0 Å². The van der Waals surface area contributed by atoms with Crippen molar-refractivity contribution in [3.63, 3.8) is 0 Å². The first-order valence-electron chi connectivity index (χ1n) is 5.30. The molecule has 90 valence electrons. The highest BCUT2D eigenvalue weighted by molar-refractivity contribution is 7.98. The van der Waals surface area contributed by atoms with Gasteiger partial charge >= 0.3 is 0 Å². The fourth-order valence-corrected chi connectivity index (χ4v) is 1.86. The summed E-state index contributed by atoms with van der Waals surface area (Å²) >= 11 is 1.75. The van der Waals surface area contributed by atoms with Crippen molar-refractivity contribution in [2.24, 2.45) is 5.73 Å². The van der Waals surface area contributed by atoms with Crippen molar-refractivity contribution in [3.8, 4) is 11.4 Å². The summed E-state index contributed by atoms with van der Waals surface area (Å²) in [5, 5.41) is 3.91. The maximum atomic E-state index is 5.95. The molecule has 0 aliphatic rings. The van der Waals surface area contributed by atoms with E-state index >= 15 is 0 Å². The third kappa shape index (κ3) is 3.04. The van der Waals surface area contributed by atoms with Crippen LogP contribution in [0.3, 0.4) is 0 Å². The number of hydrogen-bond acceptors (Lipinski definition) is 6. The molecule has 0 bridgehead atoms. The largest absolute Gasteiger partial charge is 0.337 e. The van der Waals surface area contributed by atoms with E-state index < -0.39 is 0 Å². The van der Waals surface area contributed by atoms with Crippen LogP contribution in [-0.2, 0) is 0 Å². The third-order valence-electron chi connectivity index (χ3n) is 2.33. The molecule has 1 atom stereocenters. The van der Waals surface area contributed by atoms with Crippen molar-refractivity contribution in [2.45, 2.75) is 12.5 Å². The molecule has 0 spiro atoms. The van der Waals surface area contributed by atoms with Gasteiger partial charge in [-0.25, -0.2) is 0 Å². The molecule has 2 aromatic heterocycles. The van der Waals surface area contributed by atoms with Crippen LogP contribution < -0.4 is 5.73 Å². The Balaban J connectivity index is 2.11. The fourth-order valence-electron chi connectivity index (χ4n) is 1.37. The van der Waals surface area contributed by atoms with Gasteiger partial charge in [0.2, 0.25) is 11.7 Å². The number of nitrogens with two attached hydrogens (primary N) is 1. The third-order valence-corrected chi connectivity index (χ3v) is 2.97. The van der Waals surface area contributed by atoms with E-state index in [9.17, 15) is 0 Å². The number of aromatic nitrogens is 3. The molecule has 0 saturated heterocycles. The highest BCUT2D eigenvalue weighted by Gasteiger charge is 2.15. The van der Waals surface area contributed by atoms with Crippen LogP contribution >= 0.6 is 11.8 Å². The quantitative estimate of drug-likeness (QED) is 0.873. The Morgan fingerprint density at radius 2 is 2.18 bits per heavy atom. The number of pyridine rings is 1. The zero-order valence-corrected chi connectivity index (χ0v) is 10.4. The molecule has 0 amide bonds. The average Bonchev–Trinajstić information content (AvgIpc) is 2.86. The summed E-state index contributed by atoms with van der Waals surface area (Å²) < 4.78 is 5.16. The lowest BCUT2D eigenvalue weighted by Gasteiger charge is -2.03. The molecule has 0 aliphatic carbocycles. The minimum atomic E-state index is -0.189. The predicted molar refractivity (Wildman–Crippen MR) is 67.5 cm³/mol. The number of nitrogens with zero attached hydrogens (tertiary/aromatic N) is 3. The zero-order valence-electron chi connectivity index (χ0n) is 9.54. The maximum Gasteiger partial charge on any atom is 0.243 e. The lowest BCUT2D eigenvalue weighted by atomic mass is 10.2. The van der Waals surface area contributed by atoms with Crippen molar-refractivity contribution in [1.29, 1.82) is 0 Å². The molecule has 5 nitrogen and oxygen atoms in total. The fraction of sp³-hybridized carbons (Fsp3) is 0.364. The second-order valence-corrected chi connectivity index (χ2v) is 4.57. The molecule has 2 heterocycles. The van der Waals surface area contributed by atoms with E-state index in [2.05, 4.69) is 15.1 Å². The summed E-state index contributed by atoms with van der Waals surface area (Å²) in [6, 6.07) is 3.48. The van der Waals surface area contributed by atoms with Gasteiger partial charge in [-0.2, -0.15) is 16.7 Å². The predicted octanol–water partition coefficient (Wildman–Crippen LogP) is 1.88. The summed E-state index contributed by atoms with van der Waals surface area (Å²) in [4.78, 5) is 8.23. The molecule has 0 fully saturated rings. The van der Waals surface area contributed by atoms with Crippen LogP contribution in [0.1, 0.15) is 18.4 Å². The lowest BCUT2D eigenvalue weighted by molar-refractivity contribution is 0.353. The standard InChI is InChI=1S/C11H14N4OS/c1-17-7-4-9(12)11-14-10(15-16-11)8-2-5-13-6-3-8/h2-3,5-6,9H,4,7,12H2,1H3/t9-/m1/s1. The van der Waals surface area contributed by atoms with Crippen LogP contribution in [0, 0.1) is 0 Å². The van der Waals surface area contributed by atoms with Gasteiger partial charge in [0, 0.05) is 18.0 Å². The van der Waals surface area contributed by atoms with Crippen LogP contribution in [0.5, 0.6) is 0 Å². The van der Waals surface area contributed by atoms with Crippen molar-refractivity contribution in [1.82, 2.24) is 15.1 Å². The van der Waals surface area contributed by atoms with Gasteiger partial charge in [-0.1, -0.05) is 5.16 Å². The Hall–Kier alpha value is -1.40. The Kier molecular flexibility index (Phi) is 4.11. The van der Waals surface area contributed by atoms with Crippen LogP contribution in [-0.4, -0.2) is 27.1 Å². The Morgan fingerprint density at radius 1 is 1.41 bits per heavy atom. The Bertz CT molecular complexity index is 460. The summed E-state index contributed by atoms with van der Waals surface area (Å²) in [5.74, 6) is 2.03. The maximum absolute atomic E-state index is 5.95. The smallest absolute Gasteiger partial charge is 0.243 e. The number of thioether (sulfide) groups is 1. The molecule has 0 saturated carbocycles. The van der Waals surface area contributed by atoms with Gasteiger partial charge in [0.05, 0.1) is 6.04 Å². The normalized spacial score (nSPS) is 12.6. The highest BCUT2D eigenvalue weighted by Crippen LogP contribution is 2.19. The first kappa shape index (κ1) is 12.1. The molecule has 0 radical (unpaired) electrons. The molecule has 2 rings (SSSR count). The summed E-state index contributed by atoms with van der Waals surface area (Å²) in [6.07, 6.45) is 6.26. The first-order chi connectivity index (χ1) is 8.31. The molecule has 0 aromatic carbocycles. The lowest BCUT2D eigenvalue weighted by Crippen LogP contribution is -2.11. The molecule has 0 aliphatic heterocycles. The summed E-state index contributed by atoms with van der Waals surface area (Å²) in [6.45, 7) is 0. The van der Waals surface area contributed by atoms with E-state index in [4.69, 9.17) is 10.3 Å². The van der Waals surface area contributed by atoms with E-state index in [1.54, 1.807) is 24.2 Å².